The molecule has 1 unspecified atom stereocenters. The fraction of sp³-hybridized carbons (Fsp3) is 0.650. The van der Waals surface area contributed by atoms with E-state index in [1.807, 2.05) is 0 Å². The molecule has 3 nitrogen and oxygen atoms in total. The van der Waals surface area contributed by atoms with Gasteiger partial charge in [-0.1, -0.05) is 38.1 Å². The van der Waals surface area contributed by atoms with Crippen LogP contribution in [-0.4, -0.2) is 19.0 Å². The zero-order chi connectivity index (χ0) is 16.9. The summed E-state index contributed by atoms with van der Waals surface area (Å²) in [6.07, 6.45) is 4.05. The second kappa shape index (κ2) is 7.96. The highest BCUT2D eigenvalue weighted by atomic mass is 16.1. The maximum absolute atomic E-state index is 12.5. The summed E-state index contributed by atoms with van der Waals surface area (Å²) in [5.74, 6) is 1.30. The lowest BCUT2D eigenvalue weighted by molar-refractivity contribution is -0.124. The summed E-state index contributed by atoms with van der Waals surface area (Å²) in [5, 5.41) is 6.62. The Morgan fingerprint density at radius 1 is 1.26 bits per heavy atom. The predicted octanol–water partition coefficient (Wildman–Crippen LogP) is 3.63. The van der Waals surface area contributed by atoms with E-state index < -0.39 is 0 Å². The van der Waals surface area contributed by atoms with Gasteiger partial charge in [-0.2, -0.15) is 0 Å². The molecule has 3 heteroatoms. The second-order valence-corrected chi connectivity index (χ2v) is 7.49. The molecule has 23 heavy (non-hydrogen) atoms. The van der Waals surface area contributed by atoms with E-state index in [1.165, 1.54) is 18.4 Å². The summed E-state index contributed by atoms with van der Waals surface area (Å²) in [4.78, 5) is 12.5. The van der Waals surface area contributed by atoms with Gasteiger partial charge >= 0.3 is 0 Å². The van der Waals surface area contributed by atoms with Crippen molar-refractivity contribution < 1.29 is 4.79 Å². The van der Waals surface area contributed by atoms with E-state index in [0.29, 0.717) is 18.3 Å². The maximum Gasteiger partial charge on any atom is 0.220 e. The average Bonchev–Trinajstić information content (AvgIpc) is 2.55. The number of benzene rings is 1. The van der Waals surface area contributed by atoms with Crippen LogP contribution in [0.2, 0.25) is 0 Å². The molecule has 1 fully saturated rings. The minimum Gasteiger partial charge on any atom is -0.347 e. The third kappa shape index (κ3) is 5.07. The number of hydrogen-bond acceptors (Lipinski definition) is 2. The Bertz CT molecular complexity index is 501. The molecular formula is C20H32N2O. The number of piperidine rings is 1. The van der Waals surface area contributed by atoms with Crippen LogP contribution in [0.15, 0.2) is 24.3 Å². The molecule has 1 aromatic carbocycles. The second-order valence-electron chi connectivity index (χ2n) is 7.49. The van der Waals surface area contributed by atoms with Crippen LogP contribution in [0, 0.1) is 11.8 Å². The number of rotatable bonds is 6. The third-order valence-electron chi connectivity index (χ3n) is 5.23. The van der Waals surface area contributed by atoms with Gasteiger partial charge in [0.25, 0.3) is 0 Å². The lowest BCUT2D eigenvalue weighted by Gasteiger charge is -2.31. The molecule has 0 aliphatic carbocycles. The molecule has 1 aliphatic heterocycles. The Morgan fingerprint density at radius 3 is 2.43 bits per heavy atom. The summed E-state index contributed by atoms with van der Waals surface area (Å²) in [6.45, 7) is 10.7. The summed E-state index contributed by atoms with van der Waals surface area (Å²) < 4.78 is 0. The quantitative estimate of drug-likeness (QED) is 0.841. The summed E-state index contributed by atoms with van der Waals surface area (Å²) >= 11 is 0. The molecule has 128 valence electrons. The normalized spacial score (nSPS) is 17.7. The van der Waals surface area contributed by atoms with Gasteiger partial charge in [-0.05, 0) is 69.2 Å². The first-order chi connectivity index (χ1) is 10.9. The standard InChI is InChI=1S/C20H32N2O/c1-5-16-6-8-18(9-7-16)20(3,4)22-19(23)14-15(2)17-10-12-21-13-11-17/h6-9,15,17,21H,5,10-14H2,1-4H3,(H,22,23). The Morgan fingerprint density at radius 2 is 1.87 bits per heavy atom. The van der Waals surface area contributed by atoms with Crippen molar-refractivity contribution in [2.24, 2.45) is 11.8 Å². The van der Waals surface area contributed by atoms with Gasteiger partial charge in [0.1, 0.15) is 0 Å². The van der Waals surface area contributed by atoms with Gasteiger partial charge in [0.05, 0.1) is 5.54 Å². The van der Waals surface area contributed by atoms with Crippen LogP contribution >= 0.6 is 0 Å². The topological polar surface area (TPSA) is 41.1 Å². The lowest BCUT2D eigenvalue weighted by atomic mass is 9.83. The van der Waals surface area contributed by atoms with Gasteiger partial charge in [0.15, 0.2) is 0 Å². The highest BCUT2D eigenvalue weighted by Crippen LogP contribution is 2.26. The Balaban J connectivity index is 1.91. The van der Waals surface area contributed by atoms with E-state index in [4.69, 9.17) is 0 Å². The number of carbonyl (C=O) groups excluding carboxylic acids is 1. The van der Waals surface area contributed by atoms with Crippen molar-refractivity contribution in [3.05, 3.63) is 35.4 Å². The minimum absolute atomic E-state index is 0.167. The van der Waals surface area contributed by atoms with E-state index in [9.17, 15) is 4.79 Å². The Kier molecular flexibility index (Phi) is 6.23. The van der Waals surface area contributed by atoms with E-state index in [1.54, 1.807) is 0 Å². The van der Waals surface area contributed by atoms with Crippen LogP contribution in [0.1, 0.15) is 58.1 Å². The zero-order valence-electron chi connectivity index (χ0n) is 15.1. The van der Waals surface area contributed by atoms with Crippen molar-refractivity contribution in [3.63, 3.8) is 0 Å². The first-order valence-electron chi connectivity index (χ1n) is 9.03. The third-order valence-corrected chi connectivity index (χ3v) is 5.23. The number of carbonyl (C=O) groups is 1. The van der Waals surface area contributed by atoms with Crippen molar-refractivity contribution in [2.45, 2.75) is 58.9 Å². The van der Waals surface area contributed by atoms with Gasteiger partial charge < -0.3 is 10.6 Å². The molecule has 1 heterocycles. The highest BCUT2D eigenvalue weighted by Gasteiger charge is 2.26. The van der Waals surface area contributed by atoms with Crippen molar-refractivity contribution in [1.82, 2.24) is 10.6 Å². The predicted molar refractivity (Wildman–Crippen MR) is 96.4 cm³/mol. The van der Waals surface area contributed by atoms with Crippen molar-refractivity contribution >= 4 is 5.91 Å². The van der Waals surface area contributed by atoms with E-state index in [0.717, 1.165) is 25.1 Å². The van der Waals surface area contributed by atoms with Gasteiger partial charge in [-0.3, -0.25) is 4.79 Å². The van der Waals surface area contributed by atoms with Gasteiger partial charge in [-0.25, -0.2) is 0 Å². The molecule has 1 aromatic rings. The molecule has 0 aromatic heterocycles. The molecule has 2 rings (SSSR count). The summed E-state index contributed by atoms with van der Waals surface area (Å²) in [7, 11) is 0. The monoisotopic (exact) mass is 316 g/mol. The Labute approximate surface area is 141 Å². The maximum atomic E-state index is 12.5. The molecule has 2 N–H and O–H groups in total. The lowest BCUT2D eigenvalue weighted by Crippen LogP contribution is -2.42. The molecule has 0 bridgehead atoms. The first-order valence-corrected chi connectivity index (χ1v) is 9.03. The fourth-order valence-electron chi connectivity index (χ4n) is 3.50. The molecule has 1 atom stereocenters. The number of nitrogens with one attached hydrogen (secondary N) is 2. The van der Waals surface area contributed by atoms with E-state index in [2.05, 4.69) is 62.6 Å². The smallest absolute Gasteiger partial charge is 0.220 e. The number of aryl methyl sites for hydroxylation is 1. The Hall–Kier alpha value is -1.35. The zero-order valence-corrected chi connectivity index (χ0v) is 15.1. The van der Waals surface area contributed by atoms with Crippen LogP contribution in [0.25, 0.3) is 0 Å². The van der Waals surface area contributed by atoms with Crippen molar-refractivity contribution in [3.8, 4) is 0 Å². The van der Waals surface area contributed by atoms with Crippen molar-refractivity contribution in [2.75, 3.05) is 13.1 Å². The number of amides is 1. The molecule has 1 aliphatic rings. The largest absolute Gasteiger partial charge is 0.347 e. The van der Waals surface area contributed by atoms with Crippen LogP contribution in [-0.2, 0) is 16.8 Å². The molecule has 1 saturated heterocycles. The molecule has 0 saturated carbocycles. The van der Waals surface area contributed by atoms with Gasteiger partial charge in [0.2, 0.25) is 5.91 Å². The molecular weight excluding hydrogens is 284 g/mol. The summed E-state index contributed by atoms with van der Waals surface area (Å²) in [6, 6.07) is 8.58. The molecule has 0 spiro atoms. The number of hydrogen-bond donors (Lipinski definition) is 2. The average molecular weight is 316 g/mol. The molecule has 0 radical (unpaired) electrons. The van der Waals surface area contributed by atoms with Crippen LogP contribution in [0.3, 0.4) is 0 Å². The van der Waals surface area contributed by atoms with Gasteiger partial charge in [-0.15, -0.1) is 0 Å². The van der Waals surface area contributed by atoms with Crippen LogP contribution in [0.4, 0.5) is 0 Å². The van der Waals surface area contributed by atoms with Crippen molar-refractivity contribution in [1.29, 1.82) is 0 Å². The minimum atomic E-state index is -0.322. The van der Waals surface area contributed by atoms with Gasteiger partial charge in [0, 0.05) is 6.42 Å². The van der Waals surface area contributed by atoms with Crippen LogP contribution in [0.5, 0.6) is 0 Å². The fourth-order valence-corrected chi connectivity index (χ4v) is 3.50. The first kappa shape index (κ1) is 18.0. The SMILES string of the molecule is CCc1ccc(C(C)(C)NC(=O)CC(C)C2CCNCC2)cc1. The summed E-state index contributed by atoms with van der Waals surface area (Å²) in [5.41, 5.74) is 2.17. The van der Waals surface area contributed by atoms with E-state index in [-0.39, 0.29) is 11.4 Å². The van der Waals surface area contributed by atoms with E-state index >= 15 is 0 Å². The molecule has 1 amide bonds. The van der Waals surface area contributed by atoms with Crippen LogP contribution < -0.4 is 10.6 Å². The highest BCUT2D eigenvalue weighted by molar-refractivity contribution is 5.77.